The number of nitrogens with zero attached hydrogens (tertiary/aromatic N) is 1. The van der Waals surface area contributed by atoms with Crippen molar-refractivity contribution in [1.29, 1.82) is 0 Å². The van der Waals surface area contributed by atoms with E-state index in [1.807, 2.05) is 6.07 Å². The van der Waals surface area contributed by atoms with E-state index in [0.29, 0.717) is 24.1 Å². The van der Waals surface area contributed by atoms with Crippen LogP contribution in [0.3, 0.4) is 0 Å². The number of rotatable bonds is 0. The monoisotopic (exact) mass is 285 g/mol. The lowest BCUT2D eigenvalue weighted by Gasteiger charge is -2.57. The normalized spacial score (nSPS) is 39.9. The Bertz CT molecular complexity index is 670. The molecule has 2 heterocycles. The first-order chi connectivity index (χ1) is 10.1. The number of hydrogen-bond acceptors (Lipinski definition) is 4. The molecular formula is C17H19NO3. The molecular weight excluding hydrogens is 266 g/mol. The lowest BCUT2D eigenvalue weighted by Crippen LogP contribution is -2.65. The van der Waals surface area contributed by atoms with E-state index in [9.17, 15) is 9.90 Å². The molecule has 2 aliphatic carbocycles. The highest BCUT2D eigenvalue weighted by Crippen LogP contribution is 2.62. The topological polar surface area (TPSA) is 49.8 Å². The second-order valence-corrected chi connectivity index (χ2v) is 7.10. The number of carbonyl (C=O) groups excluding carboxylic acids is 1. The maximum atomic E-state index is 12.5. The summed E-state index contributed by atoms with van der Waals surface area (Å²) in [7, 11) is 2.20. The second-order valence-electron chi connectivity index (χ2n) is 7.10. The predicted molar refractivity (Wildman–Crippen MR) is 76.7 cm³/mol. The number of hydrogen-bond donors (Lipinski definition) is 1. The maximum absolute atomic E-state index is 12.5. The molecule has 1 N–H and O–H groups in total. The first kappa shape index (κ1) is 12.0. The summed E-state index contributed by atoms with van der Waals surface area (Å²) >= 11 is 0. The largest absolute Gasteiger partial charge is 0.504 e. The quantitative estimate of drug-likeness (QED) is 0.787. The van der Waals surface area contributed by atoms with Gasteiger partial charge in [0, 0.05) is 23.4 Å². The molecule has 4 heteroatoms. The summed E-state index contributed by atoms with van der Waals surface area (Å²) in [6, 6.07) is 4.26. The van der Waals surface area contributed by atoms with Gasteiger partial charge < -0.3 is 14.7 Å². The van der Waals surface area contributed by atoms with Gasteiger partial charge in [0.2, 0.25) is 0 Å². The van der Waals surface area contributed by atoms with E-state index in [0.717, 1.165) is 31.4 Å². The number of carbonyl (C=O) groups is 1. The van der Waals surface area contributed by atoms with Gasteiger partial charge in [-0.3, -0.25) is 4.79 Å². The SMILES string of the molecule is CN1CC[C@]23c4c5ccc(O)c4O[C@H]2C(=O)CC[C@H]3[C@@H]1C5. The predicted octanol–water partition coefficient (Wildman–Crippen LogP) is 1.63. The summed E-state index contributed by atoms with van der Waals surface area (Å²) in [6.07, 6.45) is 3.18. The van der Waals surface area contributed by atoms with Gasteiger partial charge in [-0.25, -0.2) is 0 Å². The summed E-state index contributed by atoms with van der Waals surface area (Å²) in [5, 5.41) is 10.2. The average Bonchev–Trinajstić information content (AvgIpc) is 2.83. The highest BCUT2D eigenvalue weighted by atomic mass is 16.5. The Kier molecular flexibility index (Phi) is 2.07. The highest BCUT2D eigenvalue weighted by molar-refractivity contribution is 5.89. The van der Waals surface area contributed by atoms with Crippen LogP contribution < -0.4 is 4.74 Å². The Labute approximate surface area is 123 Å². The van der Waals surface area contributed by atoms with E-state index in [1.165, 1.54) is 5.56 Å². The van der Waals surface area contributed by atoms with Crippen molar-refractivity contribution in [3.8, 4) is 11.5 Å². The number of likely N-dealkylation sites (N-methyl/N-ethyl adjacent to an activating group) is 1. The number of benzene rings is 1. The lowest BCUT2D eigenvalue weighted by molar-refractivity contribution is -0.138. The van der Waals surface area contributed by atoms with Crippen molar-refractivity contribution in [2.45, 2.75) is 43.2 Å². The fourth-order valence-electron chi connectivity index (χ4n) is 5.52. The van der Waals surface area contributed by atoms with Gasteiger partial charge in [0.15, 0.2) is 23.4 Å². The molecule has 4 nitrogen and oxygen atoms in total. The van der Waals surface area contributed by atoms with E-state index in [2.05, 4.69) is 11.9 Å². The lowest BCUT2D eigenvalue weighted by atomic mass is 9.52. The Morgan fingerprint density at radius 2 is 2.29 bits per heavy atom. The van der Waals surface area contributed by atoms with Crippen LogP contribution in [0.2, 0.25) is 0 Å². The Morgan fingerprint density at radius 3 is 3.14 bits per heavy atom. The number of phenolic OH excluding ortho intramolecular Hbond substituents is 1. The molecule has 21 heavy (non-hydrogen) atoms. The van der Waals surface area contributed by atoms with E-state index < -0.39 is 0 Å². The third-order valence-corrected chi connectivity index (χ3v) is 6.39. The Hall–Kier alpha value is -1.55. The molecule has 1 saturated heterocycles. The van der Waals surface area contributed by atoms with Crippen LogP contribution in [0.15, 0.2) is 12.1 Å². The van der Waals surface area contributed by atoms with Crippen LogP contribution in [0.5, 0.6) is 11.5 Å². The Morgan fingerprint density at radius 1 is 1.43 bits per heavy atom. The van der Waals surface area contributed by atoms with E-state index in [4.69, 9.17) is 4.74 Å². The molecule has 0 unspecified atom stereocenters. The molecule has 1 aromatic carbocycles. The smallest absolute Gasteiger partial charge is 0.174 e. The minimum atomic E-state index is -0.366. The molecule has 1 spiro atoms. The van der Waals surface area contributed by atoms with Crippen molar-refractivity contribution in [3.05, 3.63) is 23.3 Å². The summed E-state index contributed by atoms with van der Waals surface area (Å²) in [5.74, 6) is 1.50. The van der Waals surface area contributed by atoms with Gasteiger partial charge in [-0.2, -0.15) is 0 Å². The number of ketones is 1. The molecule has 2 aliphatic heterocycles. The van der Waals surface area contributed by atoms with Crippen LogP contribution >= 0.6 is 0 Å². The van der Waals surface area contributed by atoms with Crippen molar-refractivity contribution in [3.63, 3.8) is 0 Å². The molecule has 2 fully saturated rings. The van der Waals surface area contributed by atoms with E-state index >= 15 is 0 Å². The van der Waals surface area contributed by atoms with Crippen LogP contribution in [0.4, 0.5) is 0 Å². The third-order valence-electron chi connectivity index (χ3n) is 6.39. The molecule has 1 saturated carbocycles. The standard InChI is InChI=1S/C17H19NO3/c1-18-7-6-17-10-3-5-13(20)16(17)21-15-12(19)4-2-9(14(15)17)8-11(10)18/h2,4,10-11,16,19H,3,5-8H2,1H3/t10-,11-,16-,17-/m0/s1. The number of piperidine rings is 1. The van der Waals surface area contributed by atoms with Gasteiger partial charge in [-0.05, 0) is 50.4 Å². The molecule has 0 radical (unpaired) electrons. The van der Waals surface area contributed by atoms with Crippen LogP contribution in [0.25, 0.3) is 0 Å². The zero-order valence-corrected chi connectivity index (χ0v) is 12.1. The first-order valence-electron chi connectivity index (χ1n) is 7.88. The summed E-state index contributed by atoms with van der Waals surface area (Å²) in [4.78, 5) is 14.9. The van der Waals surface area contributed by atoms with Gasteiger partial charge in [0.05, 0.1) is 0 Å². The van der Waals surface area contributed by atoms with Crippen LogP contribution in [0, 0.1) is 5.92 Å². The van der Waals surface area contributed by atoms with Crippen molar-refractivity contribution in [2.75, 3.05) is 13.6 Å². The number of ether oxygens (including phenoxy) is 1. The highest BCUT2D eigenvalue weighted by Gasteiger charge is 2.65. The number of phenols is 1. The maximum Gasteiger partial charge on any atom is 0.174 e. The molecule has 2 bridgehead atoms. The van der Waals surface area contributed by atoms with Gasteiger partial charge in [0.1, 0.15) is 0 Å². The summed E-state index contributed by atoms with van der Waals surface area (Å²) < 4.78 is 6.04. The molecule has 1 aromatic rings. The van der Waals surface area contributed by atoms with E-state index in [-0.39, 0.29) is 23.1 Å². The van der Waals surface area contributed by atoms with E-state index in [1.54, 1.807) is 6.07 Å². The average molecular weight is 285 g/mol. The second kappa shape index (κ2) is 3.61. The Balaban J connectivity index is 1.83. The minimum Gasteiger partial charge on any atom is -0.504 e. The molecule has 0 aromatic heterocycles. The molecule has 110 valence electrons. The summed E-state index contributed by atoms with van der Waals surface area (Å²) in [6.45, 7) is 1.00. The van der Waals surface area contributed by atoms with Gasteiger partial charge in [0.25, 0.3) is 0 Å². The van der Waals surface area contributed by atoms with Crippen molar-refractivity contribution < 1.29 is 14.6 Å². The van der Waals surface area contributed by atoms with Gasteiger partial charge in [-0.1, -0.05) is 6.07 Å². The zero-order chi connectivity index (χ0) is 14.4. The van der Waals surface area contributed by atoms with Crippen LogP contribution in [-0.2, 0) is 16.6 Å². The fraction of sp³-hybridized carbons (Fsp3) is 0.588. The fourth-order valence-corrected chi connectivity index (χ4v) is 5.52. The van der Waals surface area contributed by atoms with Crippen molar-refractivity contribution in [2.24, 2.45) is 5.92 Å². The molecule has 0 amide bonds. The van der Waals surface area contributed by atoms with Gasteiger partial charge in [-0.15, -0.1) is 0 Å². The third kappa shape index (κ3) is 1.20. The molecule has 5 rings (SSSR count). The number of likely N-dealkylation sites (tertiary alicyclic amines) is 1. The number of aromatic hydroxyl groups is 1. The number of Topliss-reactive ketones (excluding diaryl/α,β-unsaturated/α-hetero) is 1. The van der Waals surface area contributed by atoms with Crippen LogP contribution in [0.1, 0.15) is 30.4 Å². The summed E-state index contributed by atoms with van der Waals surface area (Å²) in [5.41, 5.74) is 2.26. The molecule has 4 aliphatic rings. The van der Waals surface area contributed by atoms with Crippen molar-refractivity contribution in [1.82, 2.24) is 4.90 Å². The van der Waals surface area contributed by atoms with Crippen molar-refractivity contribution >= 4 is 5.78 Å². The minimum absolute atomic E-state index is 0.172. The first-order valence-corrected chi connectivity index (χ1v) is 7.88. The van der Waals surface area contributed by atoms with Gasteiger partial charge >= 0.3 is 0 Å². The molecule has 4 atom stereocenters. The zero-order valence-electron chi connectivity index (χ0n) is 12.1. The van der Waals surface area contributed by atoms with Crippen LogP contribution in [-0.4, -0.2) is 41.5 Å².